The van der Waals surface area contributed by atoms with Crippen LogP contribution < -0.4 is 10.2 Å². The number of anilines is 2. The van der Waals surface area contributed by atoms with E-state index in [0.717, 1.165) is 73.7 Å². The number of rotatable bonds is 5. The Morgan fingerprint density at radius 2 is 1.91 bits per heavy atom. The van der Waals surface area contributed by atoms with E-state index < -0.39 is 10.8 Å². The van der Waals surface area contributed by atoms with Crippen molar-refractivity contribution in [2.24, 2.45) is 0 Å². The van der Waals surface area contributed by atoms with Crippen LogP contribution in [0, 0.1) is 0 Å². The molecule has 2 aliphatic carbocycles. The fourth-order valence-electron chi connectivity index (χ4n) is 5.69. The van der Waals surface area contributed by atoms with Crippen molar-refractivity contribution in [3.63, 3.8) is 0 Å². The highest BCUT2D eigenvalue weighted by Crippen LogP contribution is 2.47. The predicted octanol–water partition coefficient (Wildman–Crippen LogP) is 2.83. The number of aryl methyl sites for hydroxylation is 1. The summed E-state index contributed by atoms with van der Waals surface area (Å²) in [5.74, 6) is 3.23. The maximum atomic E-state index is 12.9. The predicted molar refractivity (Wildman–Crippen MR) is 123 cm³/mol. The van der Waals surface area contributed by atoms with Crippen LogP contribution in [0.2, 0.25) is 5.02 Å². The number of halogens is 1. The molecule has 0 amide bonds. The molecule has 170 valence electrons. The van der Waals surface area contributed by atoms with Gasteiger partial charge in [-0.3, -0.25) is 4.21 Å². The SMILES string of the molecule is O=[S@@]1CCCc2nc(N3C4CC(c5ncc(Cl)cn5)CC3C4)nc(NC3(CO)CCC3)c21. The van der Waals surface area contributed by atoms with E-state index in [1.807, 2.05) is 0 Å². The molecule has 8 nitrogen and oxygen atoms in total. The Bertz CT molecular complexity index is 1050. The first kappa shape index (κ1) is 20.7. The lowest BCUT2D eigenvalue weighted by Gasteiger charge is -2.55. The Hall–Kier alpha value is -1.84. The summed E-state index contributed by atoms with van der Waals surface area (Å²) in [4.78, 5) is 21.8. The molecule has 2 unspecified atom stereocenters. The number of nitrogens with one attached hydrogen (secondary N) is 1. The van der Waals surface area contributed by atoms with Crippen molar-refractivity contribution in [3.05, 3.63) is 28.9 Å². The number of hydrogen-bond acceptors (Lipinski definition) is 8. The molecule has 3 atom stereocenters. The maximum absolute atomic E-state index is 12.9. The van der Waals surface area contributed by atoms with E-state index in [1.165, 1.54) is 0 Å². The number of fused-ring (bicyclic) bond motifs is 3. The minimum Gasteiger partial charge on any atom is -0.394 e. The van der Waals surface area contributed by atoms with E-state index in [-0.39, 0.29) is 12.1 Å². The summed E-state index contributed by atoms with van der Waals surface area (Å²) in [7, 11) is -1.10. The molecule has 4 fully saturated rings. The first-order valence-corrected chi connectivity index (χ1v) is 13.2. The summed E-state index contributed by atoms with van der Waals surface area (Å²) >= 11 is 5.95. The molecule has 7 rings (SSSR count). The van der Waals surface area contributed by atoms with E-state index in [9.17, 15) is 9.32 Å². The molecule has 2 N–H and O–H groups in total. The molecule has 2 bridgehead atoms. The summed E-state index contributed by atoms with van der Waals surface area (Å²) in [5.41, 5.74) is 0.556. The maximum Gasteiger partial charge on any atom is 0.228 e. The lowest BCUT2D eigenvalue weighted by atomic mass is 9.73. The lowest BCUT2D eigenvalue weighted by molar-refractivity contribution is 0.143. The Kier molecular flexibility index (Phi) is 5.11. The normalized spacial score (nSPS) is 30.1. The molecule has 2 saturated heterocycles. The van der Waals surface area contributed by atoms with Gasteiger partial charge in [0.1, 0.15) is 16.5 Å². The standard InChI is InChI=1S/C22H27ClN6O2S/c23-14-10-24-19(25-11-14)13-7-15-9-16(8-13)29(15)21-26-17-3-1-6-32(31)18(17)20(27-21)28-22(12-30)4-2-5-22/h10-11,13,15-16,30H,1-9,12H2,(H,26,27,28)/t13?,15?,16?,32-/m1/s1. The topological polar surface area (TPSA) is 104 Å². The third kappa shape index (κ3) is 3.40. The Morgan fingerprint density at radius 3 is 2.56 bits per heavy atom. The zero-order valence-electron chi connectivity index (χ0n) is 17.8. The van der Waals surface area contributed by atoms with Crippen molar-refractivity contribution in [3.8, 4) is 0 Å². The molecule has 2 saturated carbocycles. The van der Waals surface area contributed by atoms with Crippen LogP contribution in [0.3, 0.4) is 0 Å². The molecule has 5 aliphatic rings. The minimum atomic E-state index is -1.10. The zero-order valence-corrected chi connectivity index (χ0v) is 19.4. The minimum absolute atomic E-state index is 0.0610. The van der Waals surface area contributed by atoms with Gasteiger partial charge in [-0.2, -0.15) is 4.98 Å². The zero-order chi connectivity index (χ0) is 21.9. The van der Waals surface area contributed by atoms with Gasteiger partial charge < -0.3 is 15.3 Å². The molecule has 2 aromatic heterocycles. The van der Waals surface area contributed by atoms with Gasteiger partial charge in [0, 0.05) is 36.1 Å². The average Bonchev–Trinajstić information content (AvgIpc) is 2.76. The van der Waals surface area contributed by atoms with Crippen LogP contribution in [-0.4, -0.2) is 59.2 Å². The Balaban J connectivity index is 1.29. The molecule has 0 spiro atoms. The fourth-order valence-corrected chi connectivity index (χ4v) is 7.12. The summed E-state index contributed by atoms with van der Waals surface area (Å²) in [6.45, 7) is 0.0610. The molecular weight excluding hydrogens is 448 g/mol. The molecular formula is C22H27ClN6O2S. The van der Waals surface area contributed by atoms with E-state index in [1.54, 1.807) is 12.4 Å². The highest BCUT2D eigenvalue weighted by Gasteiger charge is 2.48. The quantitative estimate of drug-likeness (QED) is 0.681. The summed E-state index contributed by atoms with van der Waals surface area (Å²) in [6, 6.07) is 0.710. The van der Waals surface area contributed by atoms with Crippen molar-refractivity contribution < 1.29 is 9.32 Å². The molecule has 0 radical (unpaired) electrons. The van der Waals surface area contributed by atoms with Gasteiger partial charge in [0.2, 0.25) is 5.95 Å². The van der Waals surface area contributed by atoms with Gasteiger partial charge in [0.05, 0.1) is 33.7 Å². The van der Waals surface area contributed by atoms with Gasteiger partial charge in [-0.15, -0.1) is 0 Å². The second-order valence-electron chi connectivity index (χ2n) is 9.60. The van der Waals surface area contributed by atoms with Crippen LogP contribution in [0.25, 0.3) is 0 Å². The van der Waals surface area contributed by atoms with Crippen molar-refractivity contribution in [1.82, 2.24) is 19.9 Å². The number of piperidine rings is 1. The second kappa shape index (κ2) is 7.88. The number of aromatic nitrogens is 4. The van der Waals surface area contributed by atoms with E-state index in [4.69, 9.17) is 21.6 Å². The summed E-state index contributed by atoms with van der Waals surface area (Å²) in [5, 5.41) is 14.0. The second-order valence-corrected chi connectivity index (χ2v) is 11.5. The van der Waals surface area contributed by atoms with Crippen LogP contribution in [0.1, 0.15) is 62.4 Å². The Morgan fingerprint density at radius 1 is 1.16 bits per heavy atom. The largest absolute Gasteiger partial charge is 0.394 e. The molecule has 0 aromatic carbocycles. The van der Waals surface area contributed by atoms with Gasteiger partial charge in [-0.05, 0) is 51.4 Å². The molecule has 2 aromatic rings. The first-order chi connectivity index (χ1) is 15.5. The lowest BCUT2D eigenvalue weighted by Crippen LogP contribution is -2.61. The van der Waals surface area contributed by atoms with Crippen molar-refractivity contribution in [2.45, 2.75) is 79.8 Å². The van der Waals surface area contributed by atoms with Crippen LogP contribution in [-0.2, 0) is 17.2 Å². The third-order valence-corrected chi connectivity index (χ3v) is 9.31. The van der Waals surface area contributed by atoms with Crippen molar-refractivity contribution in [1.29, 1.82) is 0 Å². The first-order valence-electron chi connectivity index (χ1n) is 11.5. The molecule has 32 heavy (non-hydrogen) atoms. The highest BCUT2D eigenvalue weighted by atomic mass is 35.5. The summed E-state index contributed by atoms with van der Waals surface area (Å²) in [6.07, 6.45) is 11.0. The van der Waals surface area contributed by atoms with Crippen LogP contribution >= 0.6 is 11.6 Å². The average molecular weight is 475 g/mol. The van der Waals surface area contributed by atoms with Gasteiger partial charge in [-0.25, -0.2) is 15.0 Å². The Labute approximate surface area is 194 Å². The van der Waals surface area contributed by atoms with Crippen LogP contribution in [0.5, 0.6) is 0 Å². The summed E-state index contributed by atoms with van der Waals surface area (Å²) < 4.78 is 12.9. The number of aliphatic hydroxyl groups excluding tert-OH is 1. The number of nitrogens with zero attached hydrogens (tertiary/aromatic N) is 5. The van der Waals surface area contributed by atoms with E-state index >= 15 is 0 Å². The van der Waals surface area contributed by atoms with Gasteiger partial charge >= 0.3 is 0 Å². The van der Waals surface area contributed by atoms with Gasteiger partial charge in [0.25, 0.3) is 0 Å². The van der Waals surface area contributed by atoms with E-state index in [0.29, 0.717) is 34.6 Å². The van der Waals surface area contributed by atoms with Crippen molar-refractivity contribution >= 4 is 34.2 Å². The van der Waals surface area contributed by atoms with Crippen LogP contribution in [0.15, 0.2) is 17.3 Å². The third-order valence-electron chi connectivity index (χ3n) is 7.57. The fraction of sp³-hybridized carbons (Fsp3) is 0.636. The van der Waals surface area contributed by atoms with E-state index in [2.05, 4.69) is 20.2 Å². The number of aliphatic hydroxyl groups is 1. The highest BCUT2D eigenvalue weighted by molar-refractivity contribution is 7.85. The smallest absolute Gasteiger partial charge is 0.228 e. The molecule has 3 aliphatic heterocycles. The molecule has 10 heteroatoms. The monoisotopic (exact) mass is 474 g/mol. The number of hydrogen-bond donors (Lipinski definition) is 2. The van der Waals surface area contributed by atoms with Gasteiger partial charge in [0.15, 0.2) is 0 Å². The van der Waals surface area contributed by atoms with Crippen LogP contribution in [0.4, 0.5) is 11.8 Å². The molecule has 5 heterocycles. The van der Waals surface area contributed by atoms with Gasteiger partial charge in [-0.1, -0.05) is 11.6 Å². The van der Waals surface area contributed by atoms with Crippen molar-refractivity contribution in [2.75, 3.05) is 22.6 Å².